The number of hydrogen-bond acceptors (Lipinski definition) is 2. The highest BCUT2D eigenvalue weighted by Crippen LogP contribution is 2.29. The second-order valence-corrected chi connectivity index (χ2v) is 12.1. The summed E-state index contributed by atoms with van der Waals surface area (Å²) in [6, 6.07) is 14.5. The Balaban J connectivity index is 0.000000739. The van der Waals surface area contributed by atoms with E-state index in [-0.39, 0.29) is 6.03 Å². The van der Waals surface area contributed by atoms with Gasteiger partial charge in [-0.2, -0.15) is 11.8 Å². The van der Waals surface area contributed by atoms with Gasteiger partial charge in [0.1, 0.15) is 0 Å². The molecule has 2 rings (SSSR count). The maximum Gasteiger partial charge on any atom is 0.319 e. The molecule has 2 N–H and O–H groups in total. The van der Waals surface area contributed by atoms with E-state index in [2.05, 4.69) is 109 Å². The van der Waals surface area contributed by atoms with Crippen LogP contribution >= 0.6 is 11.8 Å². The second kappa shape index (κ2) is 24.9. The number of amides is 2. The molecule has 0 bridgehead atoms. The molecule has 2 atom stereocenters. The lowest BCUT2D eigenvalue weighted by molar-refractivity contribution is 0.252. The monoisotopic (exact) mass is 592 g/mol. The molecule has 0 spiro atoms. The Bertz CT molecular complexity index is 1050. The Kier molecular flexibility index (Phi) is 23.3. The first-order valence-electron chi connectivity index (χ1n) is 16.1. The van der Waals surface area contributed by atoms with Gasteiger partial charge in [0.15, 0.2) is 0 Å². The van der Waals surface area contributed by atoms with Gasteiger partial charge in [0.25, 0.3) is 0 Å². The smallest absolute Gasteiger partial charge is 0.319 e. The third-order valence-electron chi connectivity index (χ3n) is 7.13. The summed E-state index contributed by atoms with van der Waals surface area (Å²) >= 11 is 1.79. The SMILES string of the molecule is C#Cc1ccc(C(CCC)CCC(C)CC)cc1.CCC.CCC=C(C)c1cc(NC(=O)NCCCSC)ccc1C. The van der Waals surface area contributed by atoms with Crippen molar-refractivity contribution >= 4 is 29.1 Å². The molecular weight excluding hydrogens is 532 g/mol. The van der Waals surface area contributed by atoms with Crippen molar-refractivity contribution in [3.63, 3.8) is 0 Å². The van der Waals surface area contributed by atoms with Crippen LogP contribution in [-0.4, -0.2) is 24.6 Å². The fraction of sp³-hybridized carbons (Fsp3) is 0.553. The lowest BCUT2D eigenvalue weighted by atomic mass is 9.87. The van der Waals surface area contributed by atoms with Crippen molar-refractivity contribution in [2.75, 3.05) is 23.9 Å². The van der Waals surface area contributed by atoms with Crippen LogP contribution in [0.4, 0.5) is 10.5 Å². The summed E-state index contributed by atoms with van der Waals surface area (Å²) in [5, 5.41) is 5.78. The quantitative estimate of drug-likeness (QED) is 0.169. The van der Waals surface area contributed by atoms with Gasteiger partial charge < -0.3 is 10.6 Å². The number of hydrogen-bond donors (Lipinski definition) is 2. The molecule has 0 aliphatic carbocycles. The number of thioether (sulfide) groups is 1. The number of allylic oxidation sites excluding steroid dienone is 2. The lowest BCUT2D eigenvalue weighted by Gasteiger charge is -2.18. The molecule has 2 aromatic rings. The highest BCUT2D eigenvalue weighted by molar-refractivity contribution is 7.98. The van der Waals surface area contributed by atoms with E-state index >= 15 is 0 Å². The van der Waals surface area contributed by atoms with Crippen LogP contribution in [0.15, 0.2) is 48.5 Å². The number of benzene rings is 2. The van der Waals surface area contributed by atoms with E-state index in [0.29, 0.717) is 12.5 Å². The fourth-order valence-corrected chi connectivity index (χ4v) is 4.93. The Labute approximate surface area is 264 Å². The third kappa shape index (κ3) is 17.3. The molecule has 2 unspecified atom stereocenters. The zero-order valence-corrected chi connectivity index (χ0v) is 29.1. The molecule has 4 heteroatoms. The summed E-state index contributed by atoms with van der Waals surface area (Å²) < 4.78 is 0. The van der Waals surface area contributed by atoms with Crippen molar-refractivity contribution in [2.24, 2.45) is 5.92 Å². The van der Waals surface area contributed by atoms with Gasteiger partial charge in [-0.05, 0) is 110 Å². The summed E-state index contributed by atoms with van der Waals surface area (Å²) in [6.45, 7) is 18.2. The van der Waals surface area contributed by atoms with E-state index in [1.54, 1.807) is 11.8 Å². The predicted octanol–water partition coefficient (Wildman–Crippen LogP) is 11.5. The Morgan fingerprint density at radius 2 is 1.69 bits per heavy atom. The molecular formula is C38H60N2OS. The Morgan fingerprint density at radius 3 is 2.24 bits per heavy atom. The minimum atomic E-state index is -0.136. The maximum atomic E-state index is 11.8. The van der Waals surface area contributed by atoms with Gasteiger partial charge in [0.2, 0.25) is 0 Å². The first kappa shape index (κ1) is 39.4. The van der Waals surface area contributed by atoms with Crippen LogP contribution in [0.5, 0.6) is 0 Å². The zero-order chi connectivity index (χ0) is 31.8. The van der Waals surface area contributed by atoms with Gasteiger partial charge in [-0.3, -0.25) is 0 Å². The molecule has 0 aromatic heterocycles. The van der Waals surface area contributed by atoms with Gasteiger partial charge in [0, 0.05) is 17.8 Å². The molecule has 0 aliphatic rings. The van der Waals surface area contributed by atoms with Crippen LogP contribution in [0.1, 0.15) is 128 Å². The van der Waals surface area contributed by atoms with E-state index in [0.717, 1.165) is 35.8 Å². The fourth-order valence-electron chi connectivity index (χ4n) is 4.50. The topological polar surface area (TPSA) is 41.1 Å². The normalized spacial score (nSPS) is 12.0. The lowest BCUT2D eigenvalue weighted by Crippen LogP contribution is -2.29. The van der Waals surface area contributed by atoms with Crippen LogP contribution in [0.25, 0.3) is 5.57 Å². The minimum Gasteiger partial charge on any atom is -0.338 e. The Morgan fingerprint density at radius 1 is 1.02 bits per heavy atom. The van der Waals surface area contributed by atoms with Crippen molar-refractivity contribution in [1.82, 2.24) is 5.32 Å². The number of urea groups is 1. The molecule has 0 radical (unpaired) electrons. The third-order valence-corrected chi connectivity index (χ3v) is 7.83. The highest BCUT2D eigenvalue weighted by Gasteiger charge is 2.12. The van der Waals surface area contributed by atoms with Gasteiger partial charge in [0.05, 0.1) is 0 Å². The van der Waals surface area contributed by atoms with Crippen LogP contribution in [0.2, 0.25) is 0 Å². The van der Waals surface area contributed by atoms with Crippen LogP contribution < -0.4 is 10.6 Å². The summed E-state index contributed by atoms with van der Waals surface area (Å²) in [5.41, 5.74) is 6.94. The number of rotatable bonds is 14. The molecule has 0 heterocycles. The molecule has 0 saturated heterocycles. The predicted molar refractivity (Wildman–Crippen MR) is 192 cm³/mol. The number of nitrogens with one attached hydrogen (secondary N) is 2. The molecule has 0 saturated carbocycles. The first-order chi connectivity index (χ1) is 20.2. The number of aryl methyl sites for hydroxylation is 1. The summed E-state index contributed by atoms with van der Waals surface area (Å²) in [6.07, 6.45) is 19.4. The van der Waals surface area contributed by atoms with Crippen molar-refractivity contribution < 1.29 is 4.79 Å². The van der Waals surface area contributed by atoms with Crippen molar-refractivity contribution in [3.8, 4) is 12.3 Å². The van der Waals surface area contributed by atoms with Crippen molar-refractivity contribution in [3.05, 3.63) is 70.8 Å². The summed E-state index contributed by atoms with van der Waals surface area (Å²) in [4.78, 5) is 11.8. The van der Waals surface area contributed by atoms with Gasteiger partial charge in [-0.1, -0.05) is 97.4 Å². The number of carbonyl (C=O) groups is 1. The first-order valence-corrected chi connectivity index (χ1v) is 17.5. The average Bonchev–Trinajstić information content (AvgIpc) is 2.99. The number of carbonyl (C=O) groups excluding carboxylic acids is 1. The molecule has 234 valence electrons. The van der Waals surface area contributed by atoms with Crippen molar-refractivity contribution in [2.45, 2.75) is 113 Å². The summed E-state index contributed by atoms with van der Waals surface area (Å²) in [7, 11) is 0. The van der Waals surface area contributed by atoms with Gasteiger partial charge in [-0.15, -0.1) is 6.42 Å². The average molecular weight is 593 g/mol. The van der Waals surface area contributed by atoms with Gasteiger partial charge >= 0.3 is 6.03 Å². The van der Waals surface area contributed by atoms with Crippen molar-refractivity contribution in [1.29, 1.82) is 0 Å². The van der Waals surface area contributed by atoms with E-state index in [1.165, 1.54) is 60.8 Å². The van der Waals surface area contributed by atoms with Gasteiger partial charge in [-0.25, -0.2) is 4.79 Å². The molecule has 3 nitrogen and oxygen atoms in total. The van der Waals surface area contributed by atoms with E-state index in [9.17, 15) is 4.79 Å². The zero-order valence-electron chi connectivity index (χ0n) is 28.2. The second-order valence-electron chi connectivity index (χ2n) is 11.1. The van der Waals surface area contributed by atoms with E-state index in [1.807, 2.05) is 18.2 Å². The number of terminal acetylenes is 1. The largest absolute Gasteiger partial charge is 0.338 e. The molecule has 2 aromatic carbocycles. The van der Waals surface area contributed by atoms with E-state index in [4.69, 9.17) is 6.42 Å². The number of anilines is 1. The van der Waals surface area contributed by atoms with Crippen LogP contribution in [-0.2, 0) is 0 Å². The molecule has 0 aliphatic heterocycles. The highest BCUT2D eigenvalue weighted by atomic mass is 32.2. The molecule has 42 heavy (non-hydrogen) atoms. The maximum absolute atomic E-state index is 11.8. The summed E-state index contributed by atoms with van der Waals surface area (Å²) in [5.74, 6) is 5.30. The molecule has 0 fully saturated rings. The standard InChI is InChI=1S/C18H26.C17H26N2OS.C3H8/c1-5-8-17(12-9-15(4)6-2)18-13-10-16(7-3)11-14-18;1-5-7-13(2)16-12-15(9-8-14(16)3)19-17(20)18-10-6-11-21-4;1-3-2/h3,10-11,13-15,17H,5-6,8-9,12H2,1-2,4H3;7-9,12H,5-6,10-11H2,1-4H3,(H2,18,19,20);3H2,1-2H3. The van der Waals surface area contributed by atoms with E-state index < -0.39 is 0 Å². The van der Waals surface area contributed by atoms with Crippen LogP contribution in [0, 0.1) is 25.2 Å². The molecule has 2 amide bonds. The minimum absolute atomic E-state index is 0.136. The Hall–Kier alpha value is -2.64. The van der Waals surface area contributed by atoms with Crippen LogP contribution in [0.3, 0.4) is 0 Å².